The van der Waals surface area contributed by atoms with E-state index in [0.717, 1.165) is 0 Å². The van der Waals surface area contributed by atoms with Gasteiger partial charge in [0.1, 0.15) is 6.10 Å². The third-order valence-electron chi connectivity index (χ3n) is 0.546. The van der Waals surface area contributed by atoms with Gasteiger partial charge in [0.2, 0.25) is 0 Å². The highest BCUT2D eigenvalue weighted by atomic mass is 16.3. The number of hydrogen-bond donors (Lipinski definition) is 1. The van der Waals surface area contributed by atoms with Crippen molar-refractivity contribution in [3.05, 3.63) is 12.2 Å². The molecule has 0 amide bonds. The highest BCUT2D eigenvalue weighted by Gasteiger charge is 1.83. The summed E-state index contributed by atoms with van der Waals surface area (Å²) in [5, 5.41) is 8.54. The van der Waals surface area contributed by atoms with Gasteiger partial charge in [-0.25, -0.2) is 0 Å². The third-order valence-corrected chi connectivity index (χ3v) is 0.546. The van der Waals surface area contributed by atoms with E-state index < -0.39 is 6.10 Å². The molecule has 0 aromatic carbocycles. The van der Waals surface area contributed by atoms with Gasteiger partial charge in [-0.3, -0.25) is 0 Å². The Balaban J connectivity index is 3.42. The molecule has 0 spiro atoms. The van der Waals surface area contributed by atoms with E-state index in [1.165, 1.54) is 0 Å². The number of rotatable bonds is 1. The van der Waals surface area contributed by atoms with E-state index in [-0.39, 0.29) is 0 Å². The van der Waals surface area contributed by atoms with Crippen LogP contribution in [0.25, 0.3) is 0 Å². The molecule has 0 aliphatic heterocycles. The number of hydrogen-bond acceptors (Lipinski definition) is 1. The SMILES string of the molecule is C#CC(O)/C=C\C. The van der Waals surface area contributed by atoms with Crippen LogP contribution < -0.4 is 0 Å². The Morgan fingerprint density at radius 1 is 1.86 bits per heavy atom. The van der Waals surface area contributed by atoms with Crippen LogP contribution in [-0.4, -0.2) is 11.2 Å². The number of aliphatic hydroxyl groups excluding tert-OH is 1. The Kier molecular flexibility index (Phi) is 3.09. The molecule has 0 aromatic heterocycles. The summed E-state index contributed by atoms with van der Waals surface area (Å²) in [4.78, 5) is 0. The van der Waals surface area contributed by atoms with Crippen molar-refractivity contribution in [3.63, 3.8) is 0 Å². The normalized spacial score (nSPS) is 13.9. The highest BCUT2D eigenvalue weighted by molar-refractivity contribution is 5.04. The summed E-state index contributed by atoms with van der Waals surface area (Å²) in [6.07, 6.45) is 7.36. The van der Waals surface area contributed by atoms with E-state index in [4.69, 9.17) is 11.5 Å². The van der Waals surface area contributed by atoms with Crippen LogP contribution in [0.5, 0.6) is 0 Å². The van der Waals surface area contributed by atoms with Crippen LogP contribution in [0.15, 0.2) is 12.2 Å². The molecular formula is C6H8O. The fourth-order valence-electron chi connectivity index (χ4n) is 0.238. The van der Waals surface area contributed by atoms with Crippen molar-refractivity contribution in [2.24, 2.45) is 0 Å². The molecular weight excluding hydrogens is 88.1 g/mol. The Bertz CT molecular complexity index is 97.2. The van der Waals surface area contributed by atoms with Crippen molar-refractivity contribution in [2.75, 3.05) is 0 Å². The smallest absolute Gasteiger partial charge is 0.133 e. The summed E-state index contributed by atoms with van der Waals surface area (Å²) in [5.41, 5.74) is 0. The van der Waals surface area contributed by atoms with Crippen LogP contribution >= 0.6 is 0 Å². The third kappa shape index (κ3) is 3.08. The van der Waals surface area contributed by atoms with Gasteiger partial charge in [0.15, 0.2) is 0 Å². The topological polar surface area (TPSA) is 20.2 Å². The summed E-state index contributed by atoms with van der Waals surface area (Å²) in [5.74, 6) is 2.13. The van der Waals surface area contributed by atoms with Gasteiger partial charge in [-0.1, -0.05) is 12.0 Å². The van der Waals surface area contributed by atoms with E-state index in [1.54, 1.807) is 19.1 Å². The maximum atomic E-state index is 8.54. The van der Waals surface area contributed by atoms with Gasteiger partial charge in [-0.05, 0) is 13.0 Å². The molecule has 0 aliphatic carbocycles. The fraction of sp³-hybridized carbons (Fsp3) is 0.333. The molecule has 38 valence electrons. The van der Waals surface area contributed by atoms with Gasteiger partial charge < -0.3 is 5.11 Å². The summed E-state index contributed by atoms with van der Waals surface area (Å²) < 4.78 is 0. The molecule has 0 aliphatic rings. The average molecular weight is 96.1 g/mol. The van der Waals surface area contributed by atoms with Crippen LogP contribution in [0.1, 0.15) is 6.92 Å². The first-order valence-corrected chi connectivity index (χ1v) is 2.08. The Morgan fingerprint density at radius 2 is 2.43 bits per heavy atom. The standard InChI is InChI=1S/C6H8O/c1-3-5-6(7)4-2/h2-3,5-7H,1H3/b5-3-. The lowest BCUT2D eigenvalue weighted by Gasteiger charge is -1.87. The van der Waals surface area contributed by atoms with Crippen molar-refractivity contribution in [3.8, 4) is 12.3 Å². The molecule has 7 heavy (non-hydrogen) atoms. The molecule has 1 nitrogen and oxygen atoms in total. The van der Waals surface area contributed by atoms with Gasteiger partial charge >= 0.3 is 0 Å². The van der Waals surface area contributed by atoms with Crippen molar-refractivity contribution in [1.29, 1.82) is 0 Å². The Hall–Kier alpha value is -0.740. The molecule has 0 heterocycles. The monoisotopic (exact) mass is 96.1 g/mol. The predicted octanol–water partition coefficient (Wildman–Crippen LogP) is 0.557. The molecule has 0 saturated heterocycles. The maximum Gasteiger partial charge on any atom is 0.133 e. The molecule has 0 fully saturated rings. The maximum absolute atomic E-state index is 8.54. The summed E-state index contributed by atoms with van der Waals surface area (Å²) in [6, 6.07) is 0. The molecule has 0 radical (unpaired) electrons. The molecule has 0 saturated carbocycles. The number of terminal acetylenes is 1. The van der Waals surface area contributed by atoms with Crippen LogP contribution in [0.2, 0.25) is 0 Å². The van der Waals surface area contributed by atoms with Crippen molar-refractivity contribution in [1.82, 2.24) is 0 Å². The second-order valence-corrected chi connectivity index (χ2v) is 1.14. The van der Waals surface area contributed by atoms with E-state index in [9.17, 15) is 0 Å². The lowest BCUT2D eigenvalue weighted by atomic mass is 10.3. The van der Waals surface area contributed by atoms with Crippen LogP contribution in [0, 0.1) is 12.3 Å². The van der Waals surface area contributed by atoms with Gasteiger partial charge in [0.25, 0.3) is 0 Å². The van der Waals surface area contributed by atoms with E-state index in [1.807, 2.05) is 0 Å². The molecule has 0 bridgehead atoms. The Labute approximate surface area is 43.7 Å². The molecule has 1 unspecified atom stereocenters. The molecule has 1 heteroatoms. The first kappa shape index (κ1) is 6.26. The van der Waals surface area contributed by atoms with Gasteiger partial charge in [-0.2, -0.15) is 0 Å². The quantitative estimate of drug-likeness (QED) is 0.373. The number of aliphatic hydroxyl groups is 1. The largest absolute Gasteiger partial charge is 0.377 e. The first-order valence-electron chi connectivity index (χ1n) is 2.08. The van der Waals surface area contributed by atoms with E-state index in [0.29, 0.717) is 0 Å². The van der Waals surface area contributed by atoms with Crippen LogP contribution in [0.3, 0.4) is 0 Å². The summed E-state index contributed by atoms with van der Waals surface area (Å²) >= 11 is 0. The zero-order valence-corrected chi connectivity index (χ0v) is 4.26. The fourth-order valence-corrected chi connectivity index (χ4v) is 0.238. The zero-order valence-electron chi connectivity index (χ0n) is 4.26. The molecule has 0 rings (SSSR count). The lowest BCUT2D eigenvalue weighted by Crippen LogP contribution is -1.94. The van der Waals surface area contributed by atoms with Gasteiger partial charge in [0.05, 0.1) is 0 Å². The number of allylic oxidation sites excluding steroid dienone is 1. The summed E-state index contributed by atoms with van der Waals surface area (Å²) in [6.45, 7) is 1.81. The minimum absolute atomic E-state index is 0.704. The minimum Gasteiger partial charge on any atom is -0.377 e. The molecule has 0 aromatic rings. The van der Waals surface area contributed by atoms with Crippen LogP contribution in [-0.2, 0) is 0 Å². The van der Waals surface area contributed by atoms with Crippen molar-refractivity contribution >= 4 is 0 Å². The van der Waals surface area contributed by atoms with E-state index >= 15 is 0 Å². The Morgan fingerprint density at radius 3 is 2.57 bits per heavy atom. The zero-order chi connectivity index (χ0) is 5.70. The minimum atomic E-state index is -0.704. The lowest BCUT2D eigenvalue weighted by molar-refractivity contribution is 0.281. The van der Waals surface area contributed by atoms with Crippen molar-refractivity contribution in [2.45, 2.75) is 13.0 Å². The van der Waals surface area contributed by atoms with Crippen LogP contribution in [0.4, 0.5) is 0 Å². The van der Waals surface area contributed by atoms with Crippen molar-refractivity contribution < 1.29 is 5.11 Å². The average Bonchev–Trinajstić information content (AvgIpc) is 1.68. The molecule has 1 atom stereocenters. The second kappa shape index (κ2) is 3.45. The predicted molar refractivity (Wildman–Crippen MR) is 29.7 cm³/mol. The first-order chi connectivity index (χ1) is 3.31. The second-order valence-electron chi connectivity index (χ2n) is 1.14. The van der Waals surface area contributed by atoms with Gasteiger partial charge in [-0.15, -0.1) is 6.42 Å². The summed E-state index contributed by atoms with van der Waals surface area (Å²) in [7, 11) is 0. The van der Waals surface area contributed by atoms with Gasteiger partial charge in [0, 0.05) is 0 Å². The highest BCUT2D eigenvalue weighted by Crippen LogP contribution is 1.79. The van der Waals surface area contributed by atoms with E-state index in [2.05, 4.69) is 5.92 Å². The molecule has 1 N–H and O–H groups in total.